The van der Waals surface area contributed by atoms with E-state index in [-0.39, 0.29) is 0 Å². The van der Waals surface area contributed by atoms with Gasteiger partial charge in [0.2, 0.25) is 0 Å². The summed E-state index contributed by atoms with van der Waals surface area (Å²) in [4.78, 5) is 11.8. The van der Waals surface area contributed by atoms with Gasteiger partial charge in [-0.05, 0) is 47.4 Å². The van der Waals surface area contributed by atoms with Crippen LogP contribution in [-0.4, -0.2) is 24.7 Å². The highest BCUT2D eigenvalue weighted by molar-refractivity contribution is 7.17. The third-order valence-electron chi connectivity index (χ3n) is 4.25. The topological polar surface area (TPSA) is 58.6 Å². The van der Waals surface area contributed by atoms with Gasteiger partial charge in [0.25, 0.3) is 0 Å². The average Bonchev–Trinajstić information content (AvgIpc) is 3.05. The van der Waals surface area contributed by atoms with Crippen LogP contribution in [0.5, 0.6) is 5.75 Å². The monoisotopic (exact) mass is 355 g/mol. The molecule has 1 atom stereocenters. The van der Waals surface area contributed by atoms with Crippen molar-refractivity contribution in [3.8, 4) is 5.75 Å². The second-order valence-corrected chi connectivity index (χ2v) is 6.79. The molecule has 1 heterocycles. The Hall–Kier alpha value is -2.53. The van der Waals surface area contributed by atoms with E-state index < -0.39 is 11.9 Å². The van der Waals surface area contributed by atoms with Gasteiger partial charge in [-0.15, -0.1) is 11.3 Å². The van der Waals surface area contributed by atoms with Crippen molar-refractivity contribution in [1.29, 1.82) is 0 Å². The minimum atomic E-state index is -0.759. The van der Waals surface area contributed by atoms with E-state index in [1.807, 2.05) is 53.9 Å². The van der Waals surface area contributed by atoms with Crippen molar-refractivity contribution in [2.45, 2.75) is 18.8 Å². The number of ether oxygens (including phenoxy) is 1. The van der Waals surface area contributed by atoms with Crippen LogP contribution in [0.15, 0.2) is 53.9 Å². The van der Waals surface area contributed by atoms with Crippen LogP contribution in [-0.2, 0) is 4.79 Å². The van der Waals surface area contributed by atoms with Gasteiger partial charge in [0, 0.05) is 23.0 Å². The number of aliphatic carboxylic acids is 1. The van der Waals surface area contributed by atoms with Crippen LogP contribution in [0.1, 0.15) is 24.3 Å². The second-order valence-electron chi connectivity index (χ2n) is 5.88. The van der Waals surface area contributed by atoms with Gasteiger partial charge >= 0.3 is 5.97 Å². The van der Waals surface area contributed by atoms with E-state index in [1.165, 1.54) is 0 Å². The van der Waals surface area contributed by atoms with Gasteiger partial charge in [0.1, 0.15) is 5.75 Å². The summed E-state index contributed by atoms with van der Waals surface area (Å²) in [5, 5.41) is 16.0. The van der Waals surface area contributed by atoms with Crippen molar-refractivity contribution in [2.24, 2.45) is 0 Å². The lowest BCUT2D eigenvalue weighted by molar-refractivity contribution is -0.138. The predicted molar refractivity (Wildman–Crippen MR) is 103 cm³/mol. The van der Waals surface area contributed by atoms with E-state index in [0.717, 1.165) is 40.1 Å². The van der Waals surface area contributed by atoms with Gasteiger partial charge in [-0.1, -0.05) is 24.3 Å². The predicted octanol–water partition coefficient (Wildman–Crippen LogP) is 4.97. The van der Waals surface area contributed by atoms with E-state index in [2.05, 4.69) is 5.32 Å². The van der Waals surface area contributed by atoms with Crippen LogP contribution in [0.4, 0.5) is 5.69 Å². The van der Waals surface area contributed by atoms with E-state index in [0.29, 0.717) is 6.42 Å². The molecule has 3 aromatic rings. The molecule has 0 aliphatic heterocycles. The number of carboxylic acids is 1. The molecular formula is C20H21NO3S. The number of hydrogen-bond acceptors (Lipinski definition) is 4. The van der Waals surface area contributed by atoms with Gasteiger partial charge < -0.3 is 15.2 Å². The summed E-state index contributed by atoms with van der Waals surface area (Å²) in [7, 11) is 1.64. The first-order valence-corrected chi connectivity index (χ1v) is 9.14. The average molecular weight is 355 g/mol. The molecule has 2 N–H and O–H groups in total. The Bertz CT molecular complexity index is 859. The molecule has 0 saturated heterocycles. The SMILES string of the molecule is COc1cccc(NCCCC(C(=O)O)c2csc3ccccc23)c1. The fourth-order valence-corrected chi connectivity index (χ4v) is 3.97. The maximum absolute atomic E-state index is 11.8. The number of hydrogen-bond donors (Lipinski definition) is 2. The second kappa shape index (κ2) is 8.03. The summed E-state index contributed by atoms with van der Waals surface area (Å²) in [5.41, 5.74) is 1.90. The molecule has 1 unspecified atom stereocenters. The standard InChI is InChI=1S/C20H21NO3S/c1-24-15-7-4-6-14(12-15)21-11-5-9-17(20(22)23)18-13-25-19-10-3-2-8-16(18)19/h2-4,6-8,10,12-13,17,21H,5,9,11H2,1H3,(H,22,23). The van der Waals surface area contributed by atoms with Crippen molar-refractivity contribution in [3.63, 3.8) is 0 Å². The molecule has 3 rings (SSSR count). The van der Waals surface area contributed by atoms with Crippen LogP contribution < -0.4 is 10.1 Å². The molecule has 130 valence electrons. The third kappa shape index (κ3) is 4.12. The largest absolute Gasteiger partial charge is 0.497 e. The Kier molecular flexibility index (Phi) is 5.56. The van der Waals surface area contributed by atoms with Crippen molar-refractivity contribution < 1.29 is 14.6 Å². The van der Waals surface area contributed by atoms with E-state index in [1.54, 1.807) is 18.4 Å². The Morgan fingerprint density at radius 3 is 2.88 bits per heavy atom. The summed E-state index contributed by atoms with van der Waals surface area (Å²) in [6.45, 7) is 0.721. The smallest absolute Gasteiger partial charge is 0.311 e. The number of rotatable bonds is 8. The molecule has 0 saturated carbocycles. The zero-order chi connectivity index (χ0) is 17.6. The summed E-state index contributed by atoms with van der Waals surface area (Å²) >= 11 is 1.61. The highest BCUT2D eigenvalue weighted by Gasteiger charge is 2.22. The maximum Gasteiger partial charge on any atom is 0.311 e. The molecular weight excluding hydrogens is 334 g/mol. The highest BCUT2D eigenvalue weighted by atomic mass is 32.1. The van der Waals surface area contributed by atoms with Crippen LogP contribution >= 0.6 is 11.3 Å². The van der Waals surface area contributed by atoms with Crippen LogP contribution in [0.25, 0.3) is 10.1 Å². The number of fused-ring (bicyclic) bond motifs is 1. The number of anilines is 1. The molecule has 4 nitrogen and oxygen atoms in total. The summed E-state index contributed by atoms with van der Waals surface area (Å²) in [6, 6.07) is 15.7. The van der Waals surface area contributed by atoms with Gasteiger partial charge in [-0.2, -0.15) is 0 Å². The molecule has 0 bridgehead atoms. The number of thiophene rings is 1. The molecule has 0 aliphatic rings. The van der Waals surface area contributed by atoms with Crippen molar-refractivity contribution in [2.75, 3.05) is 19.0 Å². The zero-order valence-electron chi connectivity index (χ0n) is 14.1. The molecule has 0 fully saturated rings. The molecule has 25 heavy (non-hydrogen) atoms. The Balaban J connectivity index is 1.62. The molecule has 0 aliphatic carbocycles. The summed E-state index contributed by atoms with van der Waals surface area (Å²) in [5.74, 6) is -0.425. The first-order chi connectivity index (χ1) is 12.2. The van der Waals surface area contributed by atoms with Crippen molar-refractivity contribution in [1.82, 2.24) is 0 Å². The lowest BCUT2D eigenvalue weighted by atomic mass is 9.94. The number of nitrogens with one attached hydrogen (secondary N) is 1. The van der Waals surface area contributed by atoms with E-state index >= 15 is 0 Å². The van der Waals surface area contributed by atoms with Gasteiger partial charge in [0.15, 0.2) is 0 Å². The maximum atomic E-state index is 11.8. The molecule has 0 amide bonds. The molecule has 0 radical (unpaired) electrons. The van der Waals surface area contributed by atoms with Gasteiger partial charge in [-0.3, -0.25) is 4.79 Å². The van der Waals surface area contributed by atoms with Gasteiger partial charge in [-0.25, -0.2) is 0 Å². The number of carbonyl (C=O) groups is 1. The zero-order valence-corrected chi connectivity index (χ0v) is 14.9. The fraction of sp³-hybridized carbons (Fsp3) is 0.250. The van der Waals surface area contributed by atoms with Crippen LogP contribution in [0, 0.1) is 0 Å². The number of methoxy groups -OCH3 is 1. The Morgan fingerprint density at radius 1 is 1.24 bits per heavy atom. The van der Waals surface area contributed by atoms with E-state index in [9.17, 15) is 9.90 Å². The minimum Gasteiger partial charge on any atom is -0.497 e. The number of carboxylic acid groups (broad SMARTS) is 1. The molecule has 0 spiro atoms. The molecule has 5 heteroatoms. The fourth-order valence-electron chi connectivity index (χ4n) is 2.95. The first-order valence-electron chi connectivity index (χ1n) is 8.26. The summed E-state index contributed by atoms with van der Waals surface area (Å²) in [6.07, 6.45) is 1.38. The lowest BCUT2D eigenvalue weighted by Crippen LogP contribution is -2.13. The van der Waals surface area contributed by atoms with Crippen LogP contribution in [0.2, 0.25) is 0 Å². The third-order valence-corrected chi connectivity index (χ3v) is 5.23. The quantitative estimate of drug-likeness (QED) is 0.560. The first kappa shape index (κ1) is 17.3. The normalized spacial score (nSPS) is 12.0. The molecule has 1 aromatic heterocycles. The highest BCUT2D eigenvalue weighted by Crippen LogP contribution is 2.33. The Morgan fingerprint density at radius 2 is 2.08 bits per heavy atom. The van der Waals surface area contributed by atoms with Crippen molar-refractivity contribution in [3.05, 3.63) is 59.5 Å². The van der Waals surface area contributed by atoms with Crippen molar-refractivity contribution >= 4 is 33.1 Å². The Labute approximate surface area is 151 Å². The number of benzene rings is 2. The lowest BCUT2D eigenvalue weighted by Gasteiger charge is -2.13. The van der Waals surface area contributed by atoms with Gasteiger partial charge in [0.05, 0.1) is 13.0 Å². The summed E-state index contributed by atoms with van der Waals surface area (Å²) < 4.78 is 6.34. The molecule has 2 aromatic carbocycles. The van der Waals surface area contributed by atoms with Crippen LogP contribution in [0.3, 0.4) is 0 Å². The minimum absolute atomic E-state index is 0.469. The van der Waals surface area contributed by atoms with E-state index in [4.69, 9.17) is 4.74 Å².